The fraction of sp³-hybridized carbons (Fsp3) is 0.118. The van der Waals surface area contributed by atoms with E-state index in [1.165, 1.54) is 0 Å². The Balaban J connectivity index is 2.06. The Kier molecular flexibility index (Phi) is 5.48. The maximum absolute atomic E-state index is 13.0. The second-order valence-electron chi connectivity index (χ2n) is 5.94. The van der Waals surface area contributed by atoms with Gasteiger partial charge in [0.1, 0.15) is 23.5 Å². The number of aromatic nitrogens is 5. The van der Waals surface area contributed by atoms with Gasteiger partial charge in [-0.15, -0.1) is 5.10 Å². The molecule has 162 valence electrons. The normalized spacial score (nSPS) is 12.8. The Bertz CT molecular complexity index is 1120. The summed E-state index contributed by atoms with van der Waals surface area (Å²) in [5.41, 5.74) is 0.765. The number of rotatable bonds is 4. The van der Waals surface area contributed by atoms with E-state index in [9.17, 15) is 35.5 Å². The third-order valence-corrected chi connectivity index (χ3v) is 3.70. The molecule has 0 unspecified atom stereocenters. The van der Waals surface area contributed by atoms with E-state index in [1.807, 2.05) is 0 Å². The van der Waals surface area contributed by atoms with Crippen LogP contribution in [0.1, 0.15) is 17.1 Å². The number of alkyl halides is 6. The average Bonchev–Trinajstić information content (AvgIpc) is 3.14. The van der Waals surface area contributed by atoms with E-state index < -0.39 is 46.9 Å². The zero-order valence-corrected chi connectivity index (χ0v) is 14.9. The van der Waals surface area contributed by atoms with Gasteiger partial charge in [-0.25, -0.2) is 19.0 Å². The molecule has 7 nitrogen and oxygen atoms in total. The van der Waals surface area contributed by atoms with Gasteiger partial charge >= 0.3 is 12.4 Å². The summed E-state index contributed by atoms with van der Waals surface area (Å²) in [6, 6.07) is 2.85. The number of nitrogens with zero attached hydrogens (tertiary/aromatic N) is 5. The molecule has 3 aromatic rings. The van der Waals surface area contributed by atoms with E-state index in [0.29, 0.717) is 12.1 Å². The molecule has 0 aliphatic rings. The van der Waals surface area contributed by atoms with Crippen LogP contribution in [0.25, 0.3) is 23.2 Å². The van der Waals surface area contributed by atoms with Crippen molar-refractivity contribution in [2.45, 2.75) is 12.4 Å². The molecule has 0 bridgehead atoms. The summed E-state index contributed by atoms with van der Waals surface area (Å²) in [7, 11) is 0. The Morgan fingerprint density at radius 1 is 1.00 bits per heavy atom. The van der Waals surface area contributed by atoms with Gasteiger partial charge < -0.3 is 5.73 Å². The minimum Gasteiger partial charge on any atom is -0.365 e. The van der Waals surface area contributed by atoms with Gasteiger partial charge in [0.15, 0.2) is 5.82 Å². The molecule has 0 spiro atoms. The van der Waals surface area contributed by atoms with Crippen LogP contribution in [0.2, 0.25) is 0 Å². The molecular weight excluding hydrogens is 437 g/mol. The summed E-state index contributed by atoms with van der Waals surface area (Å²) in [5, 5.41) is 3.75. The highest BCUT2D eigenvalue weighted by atomic mass is 19.4. The predicted octanol–water partition coefficient (Wildman–Crippen LogP) is 3.40. The number of carbonyl (C=O) groups is 1. The summed E-state index contributed by atoms with van der Waals surface area (Å²) >= 11 is 0. The van der Waals surface area contributed by atoms with Gasteiger partial charge in [-0.05, 0) is 24.3 Å². The zero-order valence-electron chi connectivity index (χ0n) is 14.9. The third-order valence-electron chi connectivity index (χ3n) is 3.70. The number of nitrogens with two attached hydrogens (primary N) is 1. The van der Waals surface area contributed by atoms with Crippen LogP contribution in [0.5, 0.6) is 0 Å². The molecule has 0 aliphatic carbocycles. The number of pyridine rings is 2. The molecule has 31 heavy (non-hydrogen) atoms. The van der Waals surface area contributed by atoms with Crippen LogP contribution in [0.3, 0.4) is 0 Å². The van der Waals surface area contributed by atoms with Crippen LogP contribution in [0.15, 0.2) is 36.8 Å². The van der Waals surface area contributed by atoms with Gasteiger partial charge in [-0.3, -0.25) is 9.78 Å². The summed E-state index contributed by atoms with van der Waals surface area (Å²) in [4.78, 5) is 21.6. The first-order valence-corrected chi connectivity index (χ1v) is 8.06. The fourth-order valence-electron chi connectivity index (χ4n) is 2.34. The topological polar surface area (TPSA) is 99.6 Å². The molecule has 0 aliphatic heterocycles. The Hall–Kier alpha value is -3.84. The highest BCUT2D eigenvalue weighted by Crippen LogP contribution is 2.35. The lowest BCUT2D eigenvalue weighted by Crippen LogP contribution is -2.15. The van der Waals surface area contributed by atoms with E-state index in [-0.39, 0.29) is 11.3 Å². The first kappa shape index (κ1) is 21.9. The fourth-order valence-corrected chi connectivity index (χ4v) is 2.34. The molecule has 2 N–H and O–H groups in total. The summed E-state index contributed by atoms with van der Waals surface area (Å²) in [6.07, 6.45) is -7.58. The van der Waals surface area contributed by atoms with Crippen LogP contribution in [0.4, 0.5) is 30.7 Å². The van der Waals surface area contributed by atoms with Gasteiger partial charge in [-0.2, -0.15) is 26.3 Å². The van der Waals surface area contributed by atoms with Gasteiger partial charge in [-0.1, -0.05) is 0 Å². The van der Waals surface area contributed by atoms with Crippen LogP contribution in [-0.2, 0) is 17.1 Å². The highest BCUT2D eigenvalue weighted by Gasteiger charge is 2.39. The van der Waals surface area contributed by atoms with Crippen molar-refractivity contribution in [1.29, 1.82) is 0 Å². The quantitative estimate of drug-likeness (QED) is 0.489. The molecule has 0 fully saturated rings. The Morgan fingerprint density at radius 3 is 2.10 bits per heavy atom. The maximum Gasteiger partial charge on any atom is 0.433 e. The van der Waals surface area contributed by atoms with Crippen molar-refractivity contribution in [3.05, 3.63) is 59.7 Å². The van der Waals surface area contributed by atoms with E-state index in [0.717, 1.165) is 35.5 Å². The van der Waals surface area contributed by atoms with Crippen molar-refractivity contribution in [2.75, 3.05) is 0 Å². The van der Waals surface area contributed by atoms with E-state index in [1.54, 1.807) is 0 Å². The predicted molar refractivity (Wildman–Crippen MR) is 90.8 cm³/mol. The molecule has 14 heteroatoms. The number of halogens is 7. The van der Waals surface area contributed by atoms with Gasteiger partial charge in [0.25, 0.3) is 5.91 Å². The Labute approximate surface area is 168 Å². The second-order valence-corrected chi connectivity index (χ2v) is 5.94. The first-order chi connectivity index (χ1) is 14.3. The molecule has 3 heterocycles. The SMILES string of the molecule is NC(=O)/C(=C/n1cnc(-c2cc(C(F)(F)F)nc(C(F)(F)F)c2)n1)c1ccc(F)cn1. The number of primary amides is 1. The van der Waals surface area contributed by atoms with Crippen molar-refractivity contribution < 1.29 is 35.5 Å². The van der Waals surface area contributed by atoms with Gasteiger partial charge in [0.2, 0.25) is 0 Å². The molecule has 0 saturated carbocycles. The molecular formula is C17H9F7N6O. The minimum absolute atomic E-state index is 0.0476. The van der Waals surface area contributed by atoms with Crippen LogP contribution in [0, 0.1) is 5.82 Å². The van der Waals surface area contributed by atoms with Crippen molar-refractivity contribution in [2.24, 2.45) is 5.73 Å². The van der Waals surface area contributed by atoms with Gasteiger partial charge in [0.05, 0.1) is 17.5 Å². The maximum atomic E-state index is 13.0. The molecule has 0 radical (unpaired) electrons. The van der Waals surface area contributed by atoms with Crippen molar-refractivity contribution in [3.8, 4) is 11.4 Å². The lowest BCUT2D eigenvalue weighted by atomic mass is 10.1. The summed E-state index contributed by atoms with van der Waals surface area (Å²) < 4.78 is 91.6. The lowest BCUT2D eigenvalue weighted by molar-refractivity contribution is -0.150. The van der Waals surface area contributed by atoms with Crippen LogP contribution >= 0.6 is 0 Å². The molecule has 0 saturated heterocycles. The molecule has 1 amide bonds. The lowest BCUT2D eigenvalue weighted by Gasteiger charge is -2.11. The van der Waals surface area contributed by atoms with Crippen molar-refractivity contribution in [3.63, 3.8) is 0 Å². The minimum atomic E-state index is -5.15. The number of hydrogen-bond acceptors (Lipinski definition) is 5. The number of carbonyl (C=O) groups excluding carboxylic acids is 1. The van der Waals surface area contributed by atoms with Crippen LogP contribution in [-0.4, -0.2) is 30.6 Å². The summed E-state index contributed by atoms with van der Waals surface area (Å²) in [6.45, 7) is 0. The summed E-state index contributed by atoms with van der Waals surface area (Å²) in [5.74, 6) is -2.20. The van der Waals surface area contributed by atoms with Gasteiger partial charge in [0, 0.05) is 11.8 Å². The van der Waals surface area contributed by atoms with Crippen molar-refractivity contribution in [1.82, 2.24) is 24.7 Å². The van der Waals surface area contributed by atoms with E-state index in [2.05, 4.69) is 20.1 Å². The smallest absolute Gasteiger partial charge is 0.365 e. The zero-order chi connectivity index (χ0) is 23.0. The number of hydrogen-bond donors (Lipinski definition) is 1. The highest BCUT2D eigenvalue weighted by molar-refractivity contribution is 6.21. The molecule has 0 atom stereocenters. The van der Waals surface area contributed by atoms with Crippen LogP contribution < -0.4 is 5.73 Å². The standard InChI is InChI=1S/C17H9F7N6O/c18-9-1-2-11(26-5-9)10(14(25)31)6-30-7-27-15(29-30)8-3-12(16(19,20)21)28-13(4-8)17(22,23)24/h1-7H,(H2,25,31)/b10-6+. The average molecular weight is 446 g/mol. The monoisotopic (exact) mass is 446 g/mol. The number of amides is 1. The first-order valence-electron chi connectivity index (χ1n) is 8.06. The van der Waals surface area contributed by atoms with E-state index in [4.69, 9.17) is 5.73 Å². The van der Waals surface area contributed by atoms with Crippen molar-refractivity contribution >= 4 is 17.7 Å². The second kappa shape index (κ2) is 7.77. The molecule has 3 aromatic heterocycles. The largest absolute Gasteiger partial charge is 0.433 e. The Morgan fingerprint density at radius 2 is 1.61 bits per heavy atom. The molecule has 3 rings (SSSR count). The molecule has 0 aromatic carbocycles. The van der Waals surface area contributed by atoms with E-state index >= 15 is 0 Å². The third kappa shape index (κ3) is 5.02.